The van der Waals surface area contributed by atoms with Crippen LogP contribution in [0.2, 0.25) is 5.02 Å². The maximum atomic E-state index is 12.3. The molecule has 9 nitrogen and oxygen atoms in total. The summed E-state index contributed by atoms with van der Waals surface area (Å²) in [6.07, 6.45) is 1.41. The number of nitro benzene ring substituents is 1. The average Bonchev–Trinajstić information content (AvgIpc) is 2.90. The molecule has 1 aromatic carbocycles. The molecular formula is C18H15ClN4O5. The lowest BCUT2D eigenvalue weighted by Gasteiger charge is -2.22. The van der Waals surface area contributed by atoms with Crippen LogP contribution < -0.4 is 5.32 Å². The molecule has 3 rings (SSSR count). The van der Waals surface area contributed by atoms with Gasteiger partial charge in [-0.2, -0.15) is 0 Å². The van der Waals surface area contributed by atoms with Gasteiger partial charge in [-0.05, 0) is 43.7 Å². The number of imide groups is 2. The largest absolute Gasteiger partial charge is 0.331 e. The Hall–Kier alpha value is -3.46. The van der Waals surface area contributed by atoms with Crippen LogP contribution in [-0.4, -0.2) is 39.3 Å². The summed E-state index contributed by atoms with van der Waals surface area (Å²) in [5, 5.41) is 13.0. The van der Waals surface area contributed by atoms with Crippen LogP contribution in [0.25, 0.3) is 11.8 Å². The SMILES string of the molecule is Cc1cc(/C=C2/C(=O)NC(=O)N(C)C2=O)c(C)n1-c1ccc([N+](=O)[O-])c(Cl)c1. The lowest BCUT2D eigenvalue weighted by molar-refractivity contribution is -0.384. The van der Waals surface area contributed by atoms with Gasteiger partial charge in [0.15, 0.2) is 0 Å². The number of urea groups is 1. The average molecular weight is 403 g/mol. The molecule has 0 unspecified atom stereocenters. The minimum atomic E-state index is -0.779. The zero-order valence-electron chi connectivity index (χ0n) is 15.1. The van der Waals surface area contributed by atoms with Crippen molar-refractivity contribution in [3.05, 3.63) is 61.9 Å². The quantitative estimate of drug-likeness (QED) is 0.367. The van der Waals surface area contributed by atoms with E-state index < -0.39 is 22.8 Å². The molecule has 2 heterocycles. The molecule has 0 atom stereocenters. The molecule has 28 heavy (non-hydrogen) atoms. The van der Waals surface area contributed by atoms with Crippen molar-refractivity contribution in [1.82, 2.24) is 14.8 Å². The van der Waals surface area contributed by atoms with E-state index in [2.05, 4.69) is 5.32 Å². The summed E-state index contributed by atoms with van der Waals surface area (Å²) < 4.78 is 1.79. The highest BCUT2D eigenvalue weighted by Crippen LogP contribution is 2.30. The molecule has 1 fully saturated rings. The van der Waals surface area contributed by atoms with Crippen molar-refractivity contribution >= 4 is 41.2 Å². The Kier molecular flexibility index (Phi) is 4.78. The molecule has 1 N–H and O–H groups in total. The van der Waals surface area contributed by atoms with Crippen molar-refractivity contribution < 1.29 is 19.3 Å². The summed E-state index contributed by atoms with van der Waals surface area (Å²) in [6, 6.07) is 5.33. The van der Waals surface area contributed by atoms with E-state index in [1.807, 2.05) is 6.92 Å². The van der Waals surface area contributed by atoms with Gasteiger partial charge in [0.05, 0.1) is 4.92 Å². The Morgan fingerprint density at radius 2 is 1.86 bits per heavy atom. The number of benzene rings is 1. The molecule has 0 spiro atoms. The molecule has 0 bridgehead atoms. The molecule has 10 heteroatoms. The third kappa shape index (κ3) is 3.16. The van der Waals surface area contributed by atoms with Gasteiger partial charge in [-0.1, -0.05) is 11.6 Å². The van der Waals surface area contributed by atoms with E-state index in [1.54, 1.807) is 23.6 Å². The Morgan fingerprint density at radius 3 is 2.46 bits per heavy atom. The Labute approximate surface area is 164 Å². The highest BCUT2D eigenvalue weighted by atomic mass is 35.5. The van der Waals surface area contributed by atoms with Crippen molar-refractivity contribution in [2.45, 2.75) is 13.8 Å². The highest BCUT2D eigenvalue weighted by molar-refractivity contribution is 6.33. The summed E-state index contributed by atoms with van der Waals surface area (Å²) in [6.45, 7) is 3.58. The lowest BCUT2D eigenvalue weighted by atomic mass is 10.1. The van der Waals surface area contributed by atoms with E-state index >= 15 is 0 Å². The third-order valence-corrected chi connectivity index (χ3v) is 4.76. The molecule has 1 aliphatic rings. The number of nitrogens with zero attached hydrogens (tertiary/aromatic N) is 3. The molecule has 1 saturated heterocycles. The van der Waals surface area contributed by atoms with Crippen LogP contribution in [0, 0.1) is 24.0 Å². The van der Waals surface area contributed by atoms with Gasteiger partial charge < -0.3 is 4.57 Å². The molecule has 2 aromatic rings. The summed E-state index contributed by atoms with van der Waals surface area (Å²) >= 11 is 6.01. The first kappa shape index (κ1) is 19.3. The maximum absolute atomic E-state index is 12.3. The number of amides is 4. The molecule has 0 radical (unpaired) electrons. The zero-order valence-corrected chi connectivity index (χ0v) is 15.9. The fraction of sp³-hybridized carbons (Fsp3) is 0.167. The number of aryl methyl sites for hydroxylation is 1. The monoisotopic (exact) mass is 402 g/mol. The first-order chi connectivity index (χ1) is 13.1. The summed E-state index contributed by atoms with van der Waals surface area (Å²) in [5.74, 6) is -1.46. The van der Waals surface area contributed by atoms with Crippen molar-refractivity contribution in [2.75, 3.05) is 7.05 Å². The number of halogens is 1. The highest BCUT2D eigenvalue weighted by Gasteiger charge is 2.33. The van der Waals surface area contributed by atoms with Crippen LogP contribution in [0.1, 0.15) is 17.0 Å². The number of nitro groups is 1. The van der Waals surface area contributed by atoms with E-state index in [4.69, 9.17) is 11.6 Å². The molecule has 4 amide bonds. The number of rotatable bonds is 3. The fourth-order valence-electron chi connectivity index (χ4n) is 3.02. The molecule has 1 aliphatic heterocycles. The molecule has 0 saturated carbocycles. The lowest BCUT2D eigenvalue weighted by Crippen LogP contribution is -2.52. The van der Waals surface area contributed by atoms with E-state index in [1.165, 1.54) is 25.3 Å². The van der Waals surface area contributed by atoms with Gasteiger partial charge in [0.2, 0.25) is 0 Å². The number of barbiturate groups is 1. The third-order valence-electron chi connectivity index (χ3n) is 4.46. The minimum absolute atomic E-state index is 0.00289. The predicted octanol–water partition coefficient (Wildman–Crippen LogP) is 2.75. The minimum Gasteiger partial charge on any atom is -0.318 e. The van der Waals surface area contributed by atoms with E-state index in [9.17, 15) is 24.5 Å². The molecular weight excluding hydrogens is 388 g/mol. The number of hydrogen-bond donors (Lipinski definition) is 1. The fourth-order valence-corrected chi connectivity index (χ4v) is 3.26. The zero-order chi connectivity index (χ0) is 20.7. The van der Waals surface area contributed by atoms with Gasteiger partial charge in [-0.15, -0.1) is 0 Å². The predicted molar refractivity (Wildman–Crippen MR) is 101 cm³/mol. The number of carbonyl (C=O) groups is 3. The van der Waals surface area contributed by atoms with Gasteiger partial charge >= 0.3 is 6.03 Å². The standard InChI is InChI=1S/C18H15ClN4O5/c1-9-6-11(7-13-16(24)20-18(26)21(3)17(13)25)10(2)22(9)12-4-5-15(23(27)28)14(19)8-12/h4-8H,1-3H3,(H,20,24,26)/b13-7-. The summed E-state index contributed by atoms with van der Waals surface area (Å²) in [5.41, 5.74) is 2.28. The number of carbonyl (C=O) groups excluding carboxylic acids is 3. The first-order valence-corrected chi connectivity index (χ1v) is 8.48. The second kappa shape index (κ2) is 6.93. The van der Waals surface area contributed by atoms with Crippen molar-refractivity contribution in [3.63, 3.8) is 0 Å². The van der Waals surface area contributed by atoms with E-state index in [-0.39, 0.29) is 16.3 Å². The first-order valence-electron chi connectivity index (χ1n) is 8.10. The summed E-state index contributed by atoms with van der Waals surface area (Å²) in [4.78, 5) is 47.0. The van der Waals surface area contributed by atoms with Crippen LogP contribution in [0.15, 0.2) is 29.8 Å². The van der Waals surface area contributed by atoms with E-state index in [0.717, 1.165) is 10.6 Å². The topological polar surface area (TPSA) is 115 Å². The van der Waals surface area contributed by atoms with Crippen LogP contribution in [0.5, 0.6) is 0 Å². The van der Waals surface area contributed by atoms with Gasteiger partial charge in [-0.25, -0.2) is 4.79 Å². The normalized spacial score (nSPS) is 15.9. The Balaban J connectivity index is 2.07. The van der Waals surface area contributed by atoms with Gasteiger partial charge in [0, 0.05) is 30.2 Å². The van der Waals surface area contributed by atoms with Crippen LogP contribution in [0.3, 0.4) is 0 Å². The van der Waals surface area contributed by atoms with Crippen molar-refractivity contribution in [1.29, 1.82) is 0 Å². The Morgan fingerprint density at radius 1 is 1.18 bits per heavy atom. The second-order valence-corrected chi connectivity index (χ2v) is 6.64. The van der Waals surface area contributed by atoms with Gasteiger partial charge in [-0.3, -0.25) is 29.9 Å². The molecule has 0 aliphatic carbocycles. The summed E-state index contributed by atoms with van der Waals surface area (Å²) in [7, 11) is 1.28. The van der Waals surface area contributed by atoms with Gasteiger partial charge in [0.1, 0.15) is 10.6 Å². The Bertz CT molecular complexity index is 1090. The molecule has 1 aromatic heterocycles. The van der Waals surface area contributed by atoms with Crippen LogP contribution in [-0.2, 0) is 9.59 Å². The van der Waals surface area contributed by atoms with Crippen LogP contribution in [0.4, 0.5) is 10.5 Å². The van der Waals surface area contributed by atoms with Gasteiger partial charge in [0.25, 0.3) is 17.5 Å². The number of nitrogens with one attached hydrogen (secondary N) is 1. The van der Waals surface area contributed by atoms with E-state index in [0.29, 0.717) is 16.9 Å². The van der Waals surface area contributed by atoms with Crippen molar-refractivity contribution in [3.8, 4) is 5.69 Å². The second-order valence-electron chi connectivity index (χ2n) is 6.24. The number of likely N-dealkylation sites (N-methyl/N-ethyl adjacent to an activating group) is 1. The smallest absolute Gasteiger partial charge is 0.318 e. The van der Waals surface area contributed by atoms with Crippen LogP contribution >= 0.6 is 11.6 Å². The number of hydrogen-bond acceptors (Lipinski definition) is 5. The number of aromatic nitrogens is 1. The molecule has 144 valence electrons. The maximum Gasteiger partial charge on any atom is 0.331 e. The van der Waals surface area contributed by atoms with Crippen molar-refractivity contribution in [2.24, 2.45) is 0 Å².